The third-order valence-corrected chi connectivity index (χ3v) is 0.455. The quantitative estimate of drug-likeness (QED) is 0.466. The molecule has 1 nitrogen and oxygen atoms in total. The summed E-state index contributed by atoms with van der Waals surface area (Å²) >= 11 is 0. The summed E-state index contributed by atoms with van der Waals surface area (Å²) in [6.07, 6.45) is -8.17. The van der Waals surface area contributed by atoms with E-state index in [0.29, 0.717) is 0 Å². The molecule has 0 radical (unpaired) electrons. The molecule has 2 unspecified atom stereocenters. The minimum absolute atomic E-state index is 1.64. The van der Waals surface area contributed by atoms with Crippen LogP contribution in [0.2, 0.25) is 0 Å². The van der Waals surface area contributed by atoms with E-state index in [1.54, 1.807) is 0 Å². The standard InChI is InChI=1S/C5H11N/c1-2-4-6-5-3-1/h6H,1-5H2/i1D2,2D2,3D2,4D,5D. The van der Waals surface area contributed by atoms with Crippen molar-refractivity contribution in [1.82, 2.24) is 5.32 Å². The Morgan fingerprint density at radius 2 is 1.83 bits per heavy atom. The zero-order valence-corrected chi connectivity index (χ0v) is 3.15. The van der Waals surface area contributed by atoms with Gasteiger partial charge in [0, 0.05) is 11.0 Å². The largest absolute Gasteiger partial charge is 0.317 e. The smallest absolute Gasteiger partial charge is 0.0428 e. The summed E-state index contributed by atoms with van der Waals surface area (Å²) in [5.41, 5.74) is 0. The fraction of sp³-hybridized carbons (Fsp3) is 1.00. The van der Waals surface area contributed by atoms with Gasteiger partial charge in [0.15, 0.2) is 0 Å². The van der Waals surface area contributed by atoms with Gasteiger partial charge >= 0.3 is 0 Å². The Labute approximate surface area is 50.0 Å². The zero-order chi connectivity index (χ0) is 11.4. The van der Waals surface area contributed by atoms with Gasteiger partial charge in [-0.05, 0) is 25.8 Å². The van der Waals surface area contributed by atoms with E-state index in [1.807, 2.05) is 0 Å². The summed E-state index contributed by atoms with van der Waals surface area (Å²) in [4.78, 5) is 0. The van der Waals surface area contributed by atoms with Gasteiger partial charge in [-0.25, -0.2) is 0 Å². The third kappa shape index (κ3) is 0.977. The van der Waals surface area contributed by atoms with Gasteiger partial charge in [0.1, 0.15) is 0 Å². The van der Waals surface area contributed by atoms with Crippen molar-refractivity contribution in [3.63, 3.8) is 0 Å². The van der Waals surface area contributed by atoms with E-state index >= 15 is 0 Å². The van der Waals surface area contributed by atoms with Gasteiger partial charge in [0.25, 0.3) is 0 Å². The van der Waals surface area contributed by atoms with Crippen molar-refractivity contribution < 1.29 is 11.0 Å². The highest BCUT2D eigenvalue weighted by Crippen LogP contribution is 1.96. The van der Waals surface area contributed by atoms with E-state index in [4.69, 9.17) is 11.0 Å². The molecule has 6 heavy (non-hydrogen) atoms. The van der Waals surface area contributed by atoms with Gasteiger partial charge in [0.2, 0.25) is 0 Å². The van der Waals surface area contributed by atoms with E-state index in [-0.39, 0.29) is 0 Å². The predicted molar refractivity (Wildman–Crippen MR) is 26.7 cm³/mol. The molecule has 1 rings (SSSR count). The van der Waals surface area contributed by atoms with Gasteiger partial charge in [-0.15, -0.1) is 0 Å². The Bertz CT molecular complexity index is 216. The summed E-state index contributed by atoms with van der Waals surface area (Å²) in [6, 6.07) is 0. The Balaban J connectivity index is 3.17. The molecule has 2 atom stereocenters. The molecule has 0 spiro atoms. The molecular formula is C5H11N. The van der Waals surface area contributed by atoms with E-state index in [1.165, 1.54) is 0 Å². The van der Waals surface area contributed by atoms with Crippen LogP contribution in [0.15, 0.2) is 0 Å². The Morgan fingerprint density at radius 1 is 1.17 bits per heavy atom. The molecule has 0 bridgehead atoms. The zero-order valence-electron chi connectivity index (χ0n) is 11.2. The maximum absolute atomic E-state index is 7.33. The van der Waals surface area contributed by atoms with Crippen LogP contribution < -0.4 is 5.32 Å². The number of hydrogen-bond acceptors (Lipinski definition) is 1. The van der Waals surface area contributed by atoms with Crippen molar-refractivity contribution in [3.05, 3.63) is 0 Å². The molecule has 1 aliphatic rings. The minimum atomic E-state index is -2.86. The maximum Gasteiger partial charge on any atom is 0.0428 e. The molecule has 1 heterocycles. The topological polar surface area (TPSA) is 12.0 Å². The minimum Gasteiger partial charge on any atom is -0.317 e. The maximum atomic E-state index is 7.33. The number of nitrogens with one attached hydrogen (secondary N) is 1. The van der Waals surface area contributed by atoms with Crippen molar-refractivity contribution in [1.29, 1.82) is 0 Å². The highest BCUT2D eigenvalue weighted by atomic mass is 14.9. The molecule has 1 fully saturated rings. The van der Waals surface area contributed by atoms with Crippen LogP contribution in [-0.4, -0.2) is 13.0 Å². The molecule has 1 N–H and O–H groups in total. The number of hydrogen-bond donors (Lipinski definition) is 1. The van der Waals surface area contributed by atoms with Gasteiger partial charge in [-0.2, -0.15) is 0 Å². The normalized spacial score (nSPS) is 93.3. The summed E-state index contributed by atoms with van der Waals surface area (Å²) < 4.78 is 58.3. The molecule has 0 aromatic carbocycles. The van der Waals surface area contributed by atoms with E-state index < -0.39 is 32.2 Å². The summed E-state index contributed by atoms with van der Waals surface area (Å²) in [5, 5.41) is 2.06. The molecule has 1 heteroatoms. The van der Waals surface area contributed by atoms with Crippen LogP contribution in [0.5, 0.6) is 0 Å². The third-order valence-electron chi connectivity index (χ3n) is 0.455. The van der Waals surface area contributed by atoms with Crippen LogP contribution >= 0.6 is 0 Å². The Morgan fingerprint density at radius 3 is 2.50 bits per heavy atom. The molecule has 0 aromatic rings. The first kappa shape index (κ1) is 0.752. The fourth-order valence-electron chi connectivity index (χ4n) is 0.239. The second kappa shape index (κ2) is 2.19. The molecular weight excluding hydrogens is 74.1 g/mol. The molecule has 0 amide bonds. The van der Waals surface area contributed by atoms with Crippen LogP contribution in [0.3, 0.4) is 0 Å². The van der Waals surface area contributed by atoms with Crippen molar-refractivity contribution in [2.45, 2.75) is 19.1 Å². The average Bonchev–Trinajstić information content (AvgIpc) is 2.01. The monoisotopic (exact) mass is 93.1 g/mol. The molecule has 36 valence electrons. The van der Waals surface area contributed by atoms with Crippen LogP contribution in [0, 0.1) is 0 Å². The average molecular weight is 93.2 g/mol. The van der Waals surface area contributed by atoms with E-state index in [2.05, 4.69) is 5.32 Å². The molecule has 0 aliphatic carbocycles. The highest BCUT2D eigenvalue weighted by Gasteiger charge is 1.93. The first-order chi connectivity index (χ1) is 6.05. The summed E-state index contributed by atoms with van der Waals surface area (Å²) in [6.45, 7) is -3.27. The number of rotatable bonds is 0. The van der Waals surface area contributed by atoms with Gasteiger partial charge in [0.05, 0.1) is 0 Å². The second-order valence-corrected chi connectivity index (χ2v) is 0.869. The molecule has 0 aromatic heterocycles. The lowest BCUT2D eigenvalue weighted by Gasteiger charge is -2.08. The molecule has 1 saturated heterocycles. The molecule has 1 aliphatic heterocycles. The SMILES string of the molecule is [2H]C1NC([2H])C([2H])([2H])C([2H])([2H])C1([2H])[2H]. The summed E-state index contributed by atoms with van der Waals surface area (Å²) in [5.74, 6) is 0. The first-order valence-electron chi connectivity index (χ1n) is 5.81. The van der Waals surface area contributed by atoms with Crippen LogP contribution in [0.4, 0.5) is 0 Å². The van der Waals surface area contributed by atoms with Gasteiger partial charge in [-0.1, -0.05) is 6.37 Å². The van der Waals surface area contributed by atoms with Gasteiger partial charge < -0.3 is 5.32 Å². The van der Waals surface area contributed by atoms with Gasteiger partial charge in [-0.3, -0.25) is 0 Å². The van der Waals surface area contributed by atoms with E-state index in [0.717, 1.165) is 0 Å². The second-order valence-electron chi connectivity index (χ2n) is 0.869. The first-order valence-corrected chi connectivity index (χ1v) is 1.65. The Kier molecular flexibility index (Phi) is 0.275. The molecule has 0 saturated carbocycles. The highest BCUT2D eigenvalue weighted by molar-refractivity contribution is 4.55. The van der Waals surface area contributed by atoms with Crippen molar-refractivity contribution in [3.8, 4) is 0 Å². The predicted octanol–water partition coefficient (Wildman–Crippen LogP) is 0.760. The van der Waals surface area contributed by atoms with Crippen LogP contribution in [0.1, 0.15) is 30.1 Å². The van der Waals surface area contributed by atoms with Crippen LogP contribution in [-0.2, 0) is 0 Å². The summed E-state index contributed by atoms with van der Waals surface area (Å²) in [7, 11) is 0. The number of piperidine rings is 1. The lowest BCUT2D eigenvalue weighted by atomic mass is 10.2. The van der Waals surface area contributed by atoms with Crippen molar-refractivity contribution in [2.24, 2.45) is 0 Å². The fourth-order valence-corrected chi connectivity index (χ4v) is 0.239. The van der Waals surface area contributed by atoms with Crippen molar-refractivity contribution in [2.75, 3.05) is 13.0 Å². The van der Waals surface area contributed by atoms with Crippen molar-refractivity contribution >= 4 is 0 Å². The Hall–Kier alpha value is -0.0400. The van der Waals surface area contributed by atoms with Crippen LogP contribution in [0.25, 0.3) is 0 Å². The van der Waals surface area contributed by atoms with E-state index in [9.17, 15) is 0 Å². The lowest BCUT2D eigenvalue weighted by molar-refractivity contribution is 0.520. The lowest BCUT2D eigenvalue weighted by Crippen LogP contribution is -2.21.